The van der Waals surface area contributed by atoms with E-state index in [-0.39, 0.29) is 11.0 Å². The molecule has 2 aromatic heterocycles. The lowest BCUT2D eigenvalue weighted by Gasteiger charge is -2.38. The van der Waals surface area contributed by atoms with Gasteiger partial charge >= 0.3 is 0 Å². The standard InChI is InChI=1S/C20H21Cl2N5OS/c1-20(11-23)5-7-27(8-6-20)19-24-10-12-15(9-16(28)25-18(12)26-19)29-14-4-2-3-13(21)17(14)22/h2-4,9-10H,5-8,11,23H2,1H3,(H,24,25,26,28). The third kappa shape index (κ3) is 4.23. The first-order chi connectivity index (χ1) is 13.9. The van der Waals surface area contributed by atoms with Crippen LogP contribution in [-0.4, -0.2) is 34.6 Å². The number of anilines is 1. The molecule has 0 aliphatic carbocycles. The molecule has 3 aromatic rings. The van der Waals surface area contributed by atoms with Crippen molar-refractivity contribution in [2.75, 3.05) is 24.5 Å². The second-order valence-corrected chi connectivity index (χ2v) is 9.45. The van der Waals surface area contributed by atoms with Gasteiger partial charge in [-0.15, -0.1) is 0 Å². The van der Waals surface area contributed by atoms with Gasteiger partial charge in [0, 0.05) is 35.1 Å². The van der Waals surface area contributed by atoms with Gasteiger partial charge in [0.05, 0.1) is 15.4 Å². The van der Waals surface area contributed by atoms with E-state index in [0.717, 1.165) is 41.1 Å². The molecule has 0 amide bonds. The van der Waals surface area contributed by atoms with E-state index in [9.17, 15) is 4.79 Å². The van der Waals surface area contributed by atoms with Crippen LogP contribution in [0, 0.1) is 5.41 Å². The fourth-order valence-corrected chi connectivity index (χ4v) is 4.85. The largest absolute Gasteiger partial charge is 0.341 e. The van der Waals surface area contributed by atoms with E-state index < -0.39 is 0 Å². The van der Waals surface area contributed by atoms with Crippen LogP contribution in [0.3, 0.4) is 0 Å². The molecular weight excluding hydrogens is 429 g/mol. The Balaban J connectivity index is 1.67. The van der Waals surface area contributed by atoms with Crippen molar-refractivity contribution in [3.05, 3.63) is 50.9 Å². The number of hydrogen-bond donors (Lipinski definition) is 2. The van der Waals surface area contributed by atoms with Gasteiger partial charge in [0.15, 0.2) is 0 Å². The van der Waals surface area contributed by atoms with Crippen molar-refractivity contribution < 1.29 is 0 Å². The molecule has 0 atom stereocenters. The van der Waals surface area contributed by atoms with Crippen molar-refractivity contribution in [1.29, 1.82) is 0 Å². The molecule has 152 valence electrons. The van der Waals surface area contributed by atoms with E-state index in [1.54, 1.807) is 12.3 Å². The molecule has 9 heteroatoms. The Kier molecular flexibility index (Phi) is 5.75. The number of piperidine rings is 1. The predicted octanol–water partition coefficient (Wildman–Crippen LogP) is 4.34. The minimum Gasteiger partial charge on any atom is -0.341 e. The quantitative estimate of drug-likeness (QED) is 0.615. The maximum Gasteiger partial charge on any atom is 0.250 e. The van der Waals surface area contributed by atoms with Crippen molar-refractivity contribution in [1.82, 2.24) is 15.0 Å². The fraction of sp³-hybridized carbons (Fsp3) is 0.350. The average Bonchev–Trinajstić information content (AvgIpc) is 2.71. The highest BCUT2D eigenvalue weighted by Gasteiger charge is 2.29. The average molecular weight is 450 g/mol. The van der Waals surface area contributed by atoms with E-state index >= 15 is 0 Å². The summed E-state index contributed by atoms with van der Waals surface area (Å²) in [7, 11) is 0. The molecule has 1 saturated heterocycles. The smallest absolute Gasteiger partial charge is 0.250 e. The van der Waals surface area contributed by atoms with Crippen molar-refractivity contribution in [2.45, 2.75) is 29.6 Å². The molecule has 0 unspecified atom stereocenters. The molecule has 0 saturated carbocycles. The number of nitrogens with zero attached hydrogens (tertiary/aromatic N) is 3. The Morgan fingerprint density at radius 1 is 1.28 bits per heavy atom. The fourth-order valence-electron chi connectivity index (χ4n) is 3.37. The normalized spacial score (nSPS) is 16.3. The molecular formula is C20H21Cl2N5OS. The number of hydrogen-bond acceptors (Lipinski definition) is 6. The summed E-state index contributed by atoms with van der Waals surface area (Å²) in [4.78, 5) is 27.9. The van der Waals surface area contributed by atoms with Crippen LogP contribution in [0.15, 0.2) is 45.0 Å². The number of nitrogens with one attached hydrogen (secondary N) is 1. The van der Waals surface area contributed by atoms with Crippen LogP contribution in [0.4, 0.5) is 5.95 Å². The molecule has 0 bridgehead atoms. The van der Waals surface area contributed by atoms with Crippen molar-refractivity contribution >= 4 is 51.9 Å². The maximum atomic E-state index is 12.2. The minimum atomic E-state index is -0.225. The number of benzene rings is 1. The number of pyridine rings is 1. The minimum absolute atomic E-state index is 0.168. The van der Waals surface area contributed by atoms with E-state index in [2.05, 4.69) is 26.8 Å². The highest BCUT2D eigenvalue weighted by Crippen LogP contribution is 2.39. The van der Waals surface area contributed by atoms with Crippen molar-refractivity contribution in [3.63, 3.8) is 0 Å². The molecule has 1 fully saturated rings. The van der Waals surface area contributed by atoms with Crippen LogP contribution < -0.4 is 16.2 Å². The molecule has 6 nitrogen and oxygen atoms in total. The maximum absolute atomic E-state index is 12.2. The van der Waals surface area contributed by atoms with E-state index in [1.807, 2.05) is 12.1 Å². The number of rotatable bonds is 4. The second-order valence-electron chi connectivity index (χ2n) is 7.59. The van der Waals surface area contributed by atoms with Gasteiger partial charge in [-0.25, -0.2) is 4.98 Å². The Morgan fingerprint density at radius 3 is 2.76 bits per heavy atom. The Labute approximate surface area is 182 Å². The van der Waals surface area contributed by atoms with Crippen LogP contribution in [0.5, 0.6) is 0 Å². The molecule has 1 aliphatic heterocycles. The zero-order valence-electron chi connectivity index (χ0n) is 15.9. The first-order valence-electron chi connectivity index (χ1n) is 9.35. The molecule has 3 N–H and O–H groups in total. The van der Waals surface area contributed by atoms with Gasteiger partial charge in [-0.1, -0.05) is 48.0 Å². The summed E-state index contributed by atoms with van der Waals surface area (Å²) in [6.07, 6.45) is 3.74. The Morgan fingerprint density at radius 2 is 2.03 bits per heavy atom. The van der Waals surface area contributed by atoms with Gasteiger partial charge in [0.2, 0.25) is 5.95 Å². The summed E-state index contributed by atoms with van der Waals surface area (Å²) < 4.78 is 0. The topological polar surface area (TPSA) is 87.9 Å². The monoisotopic (exact) mass is 449 g/mol. The van der Waals surface area contributed by atoms with Crippen molar-refractivity contribution in [3.8, 4) is 0 Å². The summed E-state index contributed by atoms with van der Waals surface area (Å²) in [5.41, 5.74) is 6.36. The first-order valence-corrected chi connectivity index (χ1v) is 10.9. The summed E-state index contributed by atoms with van der Waals surface area (Å²) in [6, 6.07) is 6.95. The lowest BCUT2D eigenvalue weighted by atomic mass is 9.81. The van der Waals surface area contributed by atoms with Gasteiger partial charge in [-0.05, 0) is 36.9 Å². The Hall–Kier alpha value is -1.80. The first kappa shape index (κ1) is 20.5. The molecule has 0 spiro atoms. The molecule has 0 radical (unpaired) electrons. The van der Waals surface area contributed by atoms with Crippen LogP contribution in [-0.2, 0) is 0 Å². The lowest BCUT2D eigenvalue weighted by molar-refractivity contribution is 0.257. The zero-order valence-corrected chi connectivity index (χ0v) is 18.2. The number of aromatic amines is 1. The van der Waals surface area contributed by atoms with Gasteiger partial charge in [0.1, 0.15) is 5.65 Å². The summed E-state index contributed by atoms with van der Waals surface area (Å²) >= 11 is 13.8. The number of H-pyrrole nitrogens is 1. The van der Waals surface area contributed by atoms with Gasteiger partial charge in [-0.3, -0.25) is 4.79 Å². The summed E-state index contributed by atoms with van der Waals surface area (Å²) in [5.74, 6) is 0.621. The van der Waals surface area contributed by atoms with E-state index in [0.29, 0.717) is 28.2 Å². The van der Waals surface area contributed by atoms with E-state index in [4.69, 9.17) is 28.9 Å². The van der Waals surface area contributed by atoms with Crippen LogP contribution >= 0.6 is 35.0 Å². The third-order valence-corrected chi connectivity index (χ3v) is 7.48. The lowest BCUT2D eigenvalue weighted by Crippen LogP contribution is -2.42. The van der Waals surface area contributed by atoms with Gasteiger partial charge in [0.25, 0.3) is 5.56 Å². The zero-order chi connectivity index (χ0) is 20.6. The second kappa shape index (κ2) is 8.14. The number of fused-ring (bicyclic) bond motifs is 1. The number of nitrogens with two attached hydrogens (primary N) is 1. The van der Waals surface area contributed by atoms with Crippen LogP contribution in [0.25, 0.3) is 11.0 Å². The summed E-state index contributed by atoms with van der Waals surface area (Å²) in [6.45, 7) is 4.58. The third-order valence-electron chi connectivity index (χ3n) is 5.43. The number of aromatic nitrogens is 3. The van der Waals surface area contributed by atoms with E-state index in [1.165, 1.54) is 17.8 Å². The predicted molar refractivity (Wildman–Crippen MR) is 119 cm³/mol. The highest BCUT2D eigenvalue weighted by atomic mass is 35.5. The summed E-state index contributed by atoms with van der Waals surface area (Å²) in [5, 5.41) is 1.69. The Bertz CT molecular complexity index is 1110. The molecule has 4 rings (SSSR count). The molecule has 29 heavy (non-hydrogen) atoms. The highest BCUT2D eigenvalue weighted by molar-refractivity contribution is 7.99. The number of halogens is 2. The SMILES string of the molecule is CC1(CN)CCN(c2ncc3c(Sc4cccc(Cl)c4Cl)cc(=O)[nH]c3n2)CC1. The molecule has 1 aromatic carbocycles. The van der Waals surface area contributed by atoms with Crippen LogP contribution in [0.1, 0.15) is 19.8 Å². The van der Waals surface area contributed by atoms with Crippen molar-refractivity contribution in [2.24, 2.45) is 11.1 Å². The molecule has 1 aliphatic rings. The molecule has 3 heterocycles. The van der Waals surface area contributed by atoms with Gasteiger partial charge in [-0.2, -0.15) is 4.98 Å². The van der Waals surface area contributed by atoms with Crippen LogP contribution in [0.2, 0.25) is 10.0 Å². The van der Waals surface area contributed by atoms with Gasteiger partial charge < -0.3 is 15.6 Å².